The Balaban J connectivity index is 2.07. The van der Waals surface area contributed by atoms with Crippen LogP contribution in [0.15, 0.2) is 38.6 Å². The number of ether oxygens (including phenoxy) is 1. The Labute approximate surface area is 121 Å². The first-order chi connectivity index (χ1) is 10.2. The minimum atomic E-state index is -0.583. The van der Waals surface area contributed by atoms with Crippen molar-refractivity contribution >= 4 is 16.7 Å². The molecule has 1 aliphatic heterocycles. The molecule has 1 N–H and O–H groups in total. The lowest BCUT2D eigenvalue weighted by Gasteiger charge is -2.24. The molecule has 0 amide bonds. The summed E-state index contributed by atoms with van der Waals surface area (Å²) in [6, 6.07) is 6.88. The van der Waals surface area contributed by atoms with E-state index in [2.05, 4.69) is 5.10 Å². The van der Waals surface area contributed by atoms with Crippen LogP contribution < -0.4 is 5.63 Å². The van der Waals surface area contributed by atoms with E-state index < -0.39 is 5.63 Å². The van der Waals surface area contributed by atoms with Gasteiger partial charge in [0.25, 0.3) is 0 Å². The van der Waals surface area contributed by atoms with Gasteiger partial charge in [-0.3, -0.25) is 5.01 Å². The van der Waals surface area contributed by atoms with E-state index in [4.69, 9.17) is 9.15 Å². The fourth-order valence-corrected chi connectivity index (χ4v) is 2.37. The fourth-order valence-electron chi connectivity index (χ4n) is 2.37. The molecule has 1 aromatic carbocycles. The molecule has 21 heavy (non-hydrogen) atoms. The highest BCUT2D eigenvalue weighted by Gasteiger charge is 2.17. The van der Waals surface area contributed by atoms with Gasteiger partial charge in [0, 0.05) is 0 Å². The van der Waals surface area contributed by atoms with Gasteiger partial charge in [0.05, 0.1) is 37.4 Å². The number of nitrogens with zero attached hydrogens (tertiary/aromatic N) is 2. The molecule has 6 nitrogen and oxygen atoms in total. The van der Waals surface area contributed by atoms with Crippen molar-refractivity contribution in [3.63, 3.8) is 0 Å². The van der Waals surface area contributed by atoms with Gasteiger partial charge in [0.1, 0.15) is 16.9 Å². The Kier molecular flexibility index (Phi) is 3.62. The number of morpholine rings is 1. The number of benzene rings is 1. The number of hydrazone groups is 1. The summed E-state index contributed by atoms with van der Waals surface area (Å²) in [5, 5.41) is 17.1. The molecule has 0 saturated carbocycles. The molecule has 110 valence electrons. The van der Waals surface area contributed by atoms with E-state index in [0.717, 1.165) is 0 Å². The monoisotopic (exact) mass is 288 g/mol. The number of hydrogen-bond donors (Lipinski definition) is 1. The van der Waals surface area contributed by atoms with Crippen molar-refractivity contribution in [3.05, 3.63) is 40.2 Å². The van der Waals surface area contributed by atoms with Gasteiger partial charge < -0.3 is 14.3 Å². The summed E-state index contributed by atoms with van der Waals surface area (Å²) in [5.74, 6) is -0.0867. The molecule has 1 saturated heterocycles. The lowest BCUT2D eigenvalue weighted by atomic mass is 10.1. The topological polar surface area (TPSA) is 75.3 Å². The highest BCUT2D eigenvalue weighted by Crippen LogP contribution is 2.26. The highest BCUT2D eigenvalue weighted by atomic mass is 16.5. The van der Waals surface area contributed by atoms with Gasteiger partial charge in [-0.05, 0) is 19.1 Å². The molecule has 0 unspecified atom stereocenters. The molecule has 0 bridgehead atoms. The smallest absolute Gasteiger partial charge is 0.349 e. The molecule has 0 aliphatic carbocycles. The molecular formula is C15H16N2O4. The summed E-state index contributed by atoms with van der Waals surface area (Å²) in [6.45, 7) is 4.23. The predicted molar refractivity (Wildman–Crippen MR) is 78.8 cm³/mol. The first-order valence-electron chi connectivity index (χ1n) is 6.80. The Morgan fingerprint density at radius 3 is 2.76 bits per heavy atom. The lowest BCUT2D eigenvalue weighted by molar-refractivity contribution is 0.0393. The van der Waals surface area contributed by atoms with Crippen molar-refractivity contribution in [2.75, 3.05) is 26.3 Å². The highest BCUT2D eigenvalue weighted by molar-refractivity contribution is 6.04. The van der Waals surface area contributed by atoms with Gasteiger partial charge in [-0.2, -0.15) is 5.10 Å². The van der Waals surface area contributed by atoms with Gasteiger partial charge in [0.2, 0.25) is 0 Å². The van der Waals surface area contributed by atoms with Crippen LogP contribution in [-0.4, -0.2) is 42.1 Å². The van der Waals surface area contributed by atoms with E-state index in [1.165, 1.54) is 0 Å². The van der Waals surface area contributed by atoms with Crippen molar-refractivity contribution in [3.8, 4) is 5.75 Å². The molecule has 0 spiro atoms. The normalized spacial score (nSPS) is 16.4. The molecule has 0 radical (unpaired) electrons. The Hall–Kier alpha value is -2.34. The maximum Gasteiger partial charge on any atom is 0.349 e. The second-order valence-corrected chi connectivity index (χ2v) is 4.86. The van der Waals surface area contributed by atoms with E-state index in [-0.39, 0.29) is 11.3 Å². The van der Waals surface area contributed by atoms with Crippen LogP contribution >= 0.6 is 0 Å². The molecule has 1 fully saturated rings. The van der Waals surface area contributed by atoms with Crippen molar-refractivity contribution < 1.29 is 14.3 Å². The number of para-hydroxylation sites is 1. The average molecular weight is 288 g/mol. The molecule has 2 heterocycles. The van der Waals surface area contributed by atoms with Crippen molar-refractivity contribution in [1.29, 1.82) is 0 Å². The minimum Gasteiger partial charge on any atom is -0.506 e. The van der Waals surface area contributed by atoms with Crippen LogP contribution in [0.5, 0.6) is 5.75 Å². The first kappa shape index (κ1) is 13.6. The van der Waals surface area contributed by atoms with Crippen molar-refractivity contribution in [1.82, 2.24) is 5.01 Å². The van der Waals surface area contributed by atoms with E-state index in [9.17, 15) is 9.90 Å². The van der Waals surface area contributed by atoms with Crippen LogP contribution in [0.2, 0.25) is 0 Å². The maximum atomic E-state index is 12.1. The lowest BCUT2D eigenvalue weighted by Crippen LogP contribution is -2.33. The van der Waals surface area contributed by atoms with Crippen molar-refractivity contribution in [2.24, 2.45) is 5.10 Å². The van der Waals surface area contributed by atoms with Crippen LogP contribution in [0, 0.1) is 0 Å². The zero-order chi connectivity index (χ0) is 14.8. The molecular weight excluding hydrogens is 272 g/mol. The maximum absolute atomic E-state index is 12.1. The van der Waals surface area contributed by atoms with E-state index in [1.54, 1.807) is 31.2 Å². The second-order valence-electron chi connectivity index (χ2n) is 4.86. The zero-order valence-electron chi connectivity index (χ0n) is 11.7. The number of fused-ring (bicyclic) bond motifs is 1. The molecule has 1 aliphatic rings. The van der Waals surface area contributed by atoms with Crippen LogP contribution in [0.4, 0.5) is 0 Å². The third-order valence-corrected chi connectivity index (χ3v) is 3.43. The van der Waals surface area contributed by atoms with Gasteiger partial charge >= 0.3 is 5.63 Å². The summed E-state index contributed by atoms with van der Waals surface area (Å²) in [5.41, 5.74) is 0.331. The standard InChI is InChI=1S/C15H16N2O4/c1-10(16-17-6-8-20-9-7-17)13-14(18)11-4-2-3-5-12(11)21-15(13)19/h2-5,18H,6-9H2,1H3. The van der Waals surface area contributed by atoms with Crippen LogP contribution in [-0.2, 0) is 4.74 Å². The number of rotatable bonds is 2. The van der Waals surface area contributed by atoms with Gasteiger partial charge in [0.15, 0.2) is 0 Å². The van der Waals surface area contributed by atoms with Crippen LogP contribution in [0.1, 0.15) is 12.5 Å². The summed E-state index contributed by atoms with van der Waals surface area (Å²) in [7, 11) is 0. The van der Waals surface area contributed by atoms with E-state index in [0.29, 0.717) is 43.0 Å². The van der Waals surface area contributed by atoms with Crippen molar-refractivity contribution in [2.45, 2.75) is 6.92 Å². The third-order valence-electron chi connectivity index (χ3n) is 3.43. The Morgan fingerprint density at radius 2 is 2.00 bits per heavy atom. The van der Waals surface area contributed by atoms with Gasteiger partial charge in [-0.25, -0.2) is 4.79 Å². The average Bonchev–Trinajstić information content (AvgIpc) is 2.48. The number of hydrogen-bond acceptors (Lipinski definition) is 6. The van der Waals surface area contributed by atoms with E-state index in [1.807, 2.05) is 5.01 Å². The SMILES string of the molecule is CC(=NN1CCOCC1)c1c(O)c2ccccc2oc1=O. The summed E-state index contributed by atoms with van der Waals surface area (Å²) in [6.07, 6.45) is 0. The molecule has 3 rings (SSSR count). The summed E-state index contributed by atoms with van der Waals surface area (Å²) in [4.78, 5) is 12.1. The second kappa shape index (κ2) is 5.57. The van der Waals surface area contributed by atoms with E-state index >= 15 is 0 Å². The number of aromatic hydroxyl groups is 1. The summed E-state index contributed by atoms with van der Waals surface area (Å²) >= 11 is 0. The van der Waals surface area contributed by atoms with Gasteiger partial charge in [-0.1, -0.05) is 12.1 Å². The molecule has 1 aromatic heterocycles. The Bertz CT molecular complexity index is 745. The first-order valence-corrected chi connectivity index (χ1v) is 6.80. The van der Waals surface area contributed by atoms with Gasteiger partial charge in [-0.15, -0.1) is 0 Å². The molecule has 0 atom stereocenters. The predicted octanol–water partition coefficient (Wildman–Crippen LogP) is 1.55. The fraction of sp³-hybridized carbons (Fsp3) is 0.333. The Morgan fingerprint density at radius 1 is 1.29 bits per heavy atom. The summed E-state index contributed by atoms with van der Waals surface area (Å²) < 4.78 is 10.5. The third kappa shape index (κ3) is 2.62. The minimum absolute atomic E-state index is 0.0867. The van der Waals surface area contributed by atoms with Crippen LogP contribution in [0.3, 0.4) is 0 Å². The molecule has 6 heteroatoms. The zero-order valence-corrected chi connectivity index (χ0v) is 11.7. The van der Waals surface area contributed by atoms with Crippen LogP contribution in [0.25, 0.3) is 11.0 Å². The largest absolute Gasteiger partial charge is 0.506 e. The molecule has 2 aromatic rings. The quantitative estimate of drug-likeness (QED) is 0.670.